The minimum atomic E-state index is -0.0217. The second kappa shape index (κ2) is 4.84. The molecule has 0 unspecified atom stereocenters. The maximum absolute atomic E-state index is 11.9. The molecule has 0 spiro atoms. The zero-order valence-electron chi connectivity index (χ0n) is 12.3. The summed E-state index contributed by atoms with van der Waals surface area (Å²) in [6.45, 7) is 5.48. The summed E-state index contributed by atoms with van der Waals surface area (Å²) >= 11 is 0. The summed E-state index contributed by atoms with van der Waals surface area (Å²) in [5.41, 5.74) is 1.79. The summed E-state index contributed by atoms with van der Waals surface area (Å²) in [7, 11) is 0. The van der Waals surface area contributed by atoms with Crippen LogP contribution < -0.4 is 10.5 Å². The summed E-state index contributed by atoms with van der Waals surface area (Å²) in [4.78, 5) is 21.2. The van der Waals surface area contributed by atoms with Crippen molar-refractivity contribution in [3.63, 3.8) is 0 Å². The van der Waals surface area contributed by atoms with E-state index in [-0.39, 0.29) is 5.56 Å². The first-order chi connectivity index (χ1) is 10.2. The van der Waals surface area contributed by atoms with Gasteiger partial charge in [0.25, 0.3) is 5.56 Å². The quantitative estimate of drug-likeness (QED) is 0.835. The Hall–Kier alpha value is -1.88. The van der Waals surface area contributed by atoms with Crippen LogP contribution in [-0.2, 0) is 0 Å². The lowest BCUT2D eigenvalue weighted by atomic mass is 10.1. The van der Waals surface area contributed by atoms with E-state index in [0.717, 1.165) is 31.4 Å². The highest BCUT2D eigenvalue weighted by Crippen LogP contribution is 2.31. The van der Waals surface area contributed by atoms with Crippen LogP contribution in [0.4, 0.5) is 5.69 Å². The Morgan fingerprint density at radius 2 is 2.05 bits per heavy atom. The molecule has 110 valence electrons. The Morgan fingerprint density at radius 3 is 2.81 bits per heavy atom. The fourth-order valence-electron chi connectivity index (χ4n) is 3.36. The Balaban J connectivity index is 1.61. The number of rotatable bonds is 2. The summed E-state index contributed by atoms with van der Waals surface area (Å²) in [6.07, 6.45) is 6.21. The van der Waals surface area contributed by atoms with Crippen LogP contribution in [-0.4, -0.2) is 46.0 Å². The van der Waals surface area contributed by atoms with Gasteiger partial charge in [0.05, 0.1) is 5.69 Å². The lowest BCUT2D eigenvalue weighted by molar-refractivity contribution is 0.180. The molecule has 1 aliphatic heterocycles. The zero-order chi connectivity index (χ0) is 14.4. The molecule has 0 bridgehead atoms. The zero-order valence-corrected chi connectivity index (χ0v) is 12.3. The maximum atomic E-state index is 11.9. The third-order valence-corrected chi connectivity index (χ3v) is 4.63. The van der Waals surface area contributed by atoms with Crippen molar-refractivity contribution in [2.75, 3.05) is 24.5 Å². The van der Waals surface area contributed by atoms with E-state index >= 15 is 0 Å². The summed E-state index contributed by atoms with van der Waals surface area (Å²) in [6, 6.07) is 6.90. The first-order valence-electron chi connectivity index (χ1n) is 7.70. The average Bonchev–Trinajstić information content (AvgIpc) is 3.32. The summed E-state index contributed by atoms with van der Waals surface area (Å²) in [5, 5.41) is 0. The molecule has 2 aromatic heterocycles. The number of nitrogens with zero attached hydrogens (tertiary/aromatic N) is 4. The van der Waals surface area contributed by atoms with Crippen LogP contribution in [0, 0.1) is 0 Å². The molecule has 0 aromatic carbocycles. The van der Waals surface area contributed by atoms with Gasteiger partial charge < -0.3 is 4.90 Å². The predicted molar refractivity (Wildman–Crippen MR) is 82.9 cm³/mol. The van der Waals surface area contributed by atoms with Crippen molar-refractivity contribution in [1.29, 1.82) is 0 Å². The number of hydrogen-bond donors (Lipinski definition) is 0. The highest BCUT2D eigenvalue weighted by molar-refractivity contribution is 5.52. The van der Waals surface area contributed by atoms with E-state index in [1.165, 1.54) is 18.9 Å². The molecule has 1 saturated heterocycles. The standard InChI is InChI=1S/C16H20N4O/c1-12-10-18(8-9-19(12)13-2-3-13)14-4-5-15-17-7-6-16(21)20(15)11-14/h4-7,11-13H,2-3,8-10H2,1H3/t12-/m0/s1. The van der Waals surface area contributed by atoms with Gasteiger partial charge in [-0.25, -0.2) is 4.98 Å². The van der Waals surface area contributed by atoms with Gasteiger partial charge in [0.1, 0.15) is 5.65 Å². The molecule has 5 nitrogen and oxygen atoms in total. The fraction of sp³-hybridized carbons (Fsp3) is 0.500. The Bertz CT molecular complexity index is 722. The lowest BCUT2D eigenvalue weighted by Crippen LogP contribution is -2.52. The van der Waals surface area contributed by atoms with Crippen LogP contribution in [0.2, 0.25) is 0 Å². The second-order valence-electron chi connectivity index (χ2n) is 6.16. The first-order valence-corrected chi connectivity index (χ1v) is 7.70. The molecule has 1 atom stereocenters. The van der Waals surface area contributed by atoms with Gasteiger partial charge >= 0.3 is 0 Å². The van der Waals surface area contributed by atoms with E-state index in [2.05, 4.69) is 27.8 Å². The third-order valence-electron chi connectivity index (χ3n) is 4.63. The van der Waals surface area contributed by atoms with Gasteiger partial charge in [-0.1, -0.05) is 0 Å². The van der Waals surface area contributed by atoms with Crippen molar-refractivity contribution in [2.45, 2.75) is 31.8 Å². The van der Waals surface area contributed by atoms with Gasteiger partial charge in [0.15, 0.2) is 0 Å². The Labute approximate surface area is 123 Å². The van der Waals surface area contributed by atoms with Gasteiger partial charge in [-0.2, -0.15) is 0 Å². The molecule has 0 N–H and O–H groups in total. The Morgan fingerprint density at radius 1 is 1.19 bits per heavy atom. The largest absolute Gasteiger partial charge is 0.367 e. The van der Waals surface area contributed by atoms with E-state index in [9.17, 15) is 4.79 Å². The molecule has 5 heteroatoms. The van der Waals surface area contributed by atoms with Crippen molar-refractivity contribution in [3.8, 4) is 0 Å². The van der Waals surface area contributed by atoms with E-state index in [1.54, 1.807) is 10.6 Å². The normalized spacial score (nSPS) is 23.7. The topological polar surface area (TPSA) is 40.9 Å². The molecular weight excluding hydrogens is 264 g/mol. The highest BCUT2D eigenvalue weighted by Gasteiger charge is 2.35. The SMILES string of the molecule is C[C@H]1CN(c2ccc3nccc(=O)n3c2)CCN1C1CC1. The molecule has 1 aliphatic carbocycles. The minimum Gasteiger partial charge on any atom is -0.367 e. The highest BCUT2D eigenvalue weighted by atomic mass is 16.1. The van der Waals surface area contributed by atoms with Crippen molar-refractivity contribution in [3.05, 3.63) is 40.9 Å². The van der Waals surface area contributed by atoms with Gasteiger partial charge in [-0.15, -0.1) is 0 Å². The summed E-state index contributed by atoms with van der Waals surface area (Å²) in [5.74, 6) is 0. The van der Waals surface area contributed by atoms with Crippen molar-refractivity contribution >= 4 is 11.3 Å². The predicted octanol–water partition coefficient (Wildman–Crippen LogP) is 1.37. The van der Waals surface area contributed by atoms with Crippen molar-refractivity contribution in [1.82, 2.24) is 14.3 Å². The van der Waals surface area contributed by atoms with Gasteiger partial charge in [0, 0.05) is 50.2 Å². The molecule has 2 fully saturated rings. The molecule has 3 heterocycles. The maximum Gasteiger partial charge on any atom is 0.257 e. The van der Waals surface area contributed by atoms with E-state index in [1.807, 2.05) is 12.3 Å². The number of aromatic nitrogens is 2. The number of pyridine rings is 1. The molecule has 0 amide bonds. The van der Waals surface area contributed by atoms with Crippen LogP contribution in [0.25, 0.3) is 5.65 Å². The van der Waals surface area contributed by atoms with Crippen molar-refractivity contribution in [2.24, 2.45) is 0 Å². The molecule has 2 aromatic rings. The molecule has 4 rings (SSSR count). The average molecular weight is 284 g/mol. The molecule has 21 heavy (non-hydrogen) atoms. The van der Waals surface area contributed by atoms with Crippen LogP contribution in [0.15, 0.2) is 35.4 Å². The molecule has 2 aliphatic rings. The van der Waals surface area contributed by atoms with Gasteiger partial charge in [-0.05, 0) is 31.9 Å². The first kappa shape index (κ1) is 12.8. The van der Waals surface area contributed by atoms with Gasteiger partial charge in [0.2, 0.25) is 0 Å². The lowest BCUT2D eigenvalue weighted by Gasteiger charge is -2.41. The smallest absolute Gasteiger partial charge is 0.257 e. The number of fused-ring (bicyclic) bond motifs is 1. The van der Waals surface area contributed by atoms with Crippen LogP contribution in [0.3, 0.4) is 0 Å². The number of hydrogen-bond acceptors (Lipinski definition) is 4. The van der Waals surface area contributed by atoms with Crippen LogP contribution in [0.5, 0.6) is 0 Å². The van der Waals surface area contributed by atoms with E-state index in [0.29, 0.717) is 11.7 Å². The fourth-order valence-corrected chi connectivity index (χ4v) is 3.36. The van der Waals surface area contributed by atoms with E-state index in [4.69, 9.17) is 0 Å². The summed E-state index contributed by atoms with van der Waals surface area (Å²) < 4.78 is 1.63. The molecule has 0 radical (unpaired) electrons. The number of piperazine rings is 1. The second-order valence-corrected chi connectivity index (χ2v) is 6.16. The number of anilines is 1. The third kappa shape index (κ3) is 2.31. The van der Waals surface area contributed by atoms with E-state index < -0.39 is 0 Å². The van der Waals surface area contributed by atoms with Crippen LogP contribution >= 0.6 is 0 Å². The molecular formula is C16H20N4O. The van der Waals surface area contributed by atoms with Gasteiger partial charge in [-0.3, -0.25) is 14.1 Å². The minimum absolute atomic E-state index is 0.0217. The van der Waals surface area contributed by atoms with Crippen LogP contribution in [0.1, 0.15) is 19.8 Å². The monoisotopic (exact) mass is 284 g/mol. The Kier molecular flexibility index (Phi) is 2.96. The molecule has 1 saturated carbocycles. The van der Waals surface area contributed by atoms with Crippen molar-refractivity contribution < 1.29 is 0 Å².